The normalized spacial score (nSPS) is 19.2. The number of alkyl halides is 3. The van der Waals surface area contributed by atoms with E-state index in [-0.39, 0.29) is 40.8 Å². The summed E-state index contributed by atoms with van der Waals surface area (Å²) in [5, 5.41) is 6.48. The third-order valence-electron chi connectivity index (χ3n) is 7.18. The Labute approximate surface area is 237 Å². The maximum absolute atomic E-state index is 13.8. The SMILES string of the molecule is C[C@@H]1CN(c2cc(S(=O)(=O)NC3(CF)COC3)cc3c2n(C)c(=O)n3-c2nnc(C(F)F)s2)CCN1C(=O)N(C)C. The third-order valence-corrected chi connectivity index (χ3v) is 9.65. The van der Waals surface area contributed by atoms with Gasteiger partial charge in [0.15, 0.2) is 5.01 Å². The average molecular weight is 619 g/mol. The number of hydrogen-bond donors (Lipinski definition) is 1. The van der Waals surface area contributed by atoms with Gasteiger partial charge >= 0.3 is 11.7 Å². The first-order valence-electron chi connectivity index (χ1n) is 12.6. The number of aromatic nitrogens is 4. The van der Waals surface area contributed by atoms with Crippen LogP contribution in [0.15, 0.2) is 21.8 Å². The fraction of sp³-hybridized carbons (Fsp3) is 0.565. The van der Waals surface area contributed by atoms with Crippen molar-refractivity contribution in [2.45, 2.75) is 29.8 Å². The van der Waals surface area contributed by atoms with Crippen LogP contribution in [-0.4, -0.2) is 109 Å². The molecule has 41 heavy (non-hydrogen) atoms. The minimum Gasteiger partial charge on any atom is -0.377 e. The molecule has 13 nitrogen and oxygen atoms in total. The Hall–Kier alpha value is -3.22. The van der Waals surface area contributed by atoms with Crippen LogP contribution in [0.5, 0.6) is 0 Å². The van der Waals surface area contributed by atoms with Crippen LogP contribution in [0.1, 0.15) is 18.4 Å². The number of ether oxygens (including phenoxy) is 1. The van der Waals surface area contributed by atoms with Crippen LogP contribution < -0.4 is 15.3 Å². The number of piperazine rings is 1. The number of urea groups is 1. The quantitative estimate of drug-likeness (QED) is 0.419. The van der Waals surface area contributed by atoms with E-state index >= 15 is 0 Å². The molecule has 0 spiro atoms. The molecule has 0 bridgehead atoms. The number of nitrogens with one attached hydrogen (secondary N) is 1. The Morgan fingerprint density at radius 3 is 2.51 bits per heavy atom. The standard InChI is InChI=1S/C23H29F3N8O5S2/c1-13-9-32(5-6-33(13)21(35)30(2)3)15-7-14(41(37,38)29-23(10-24)11-39-12-23)8-16-17(15)31(4)22(36)34(16)20-28-27-19(40-20)18(25)26/h7-8,13,18,29H,5-6,9-12H2,1-4H3/t13-/m1/s1. The van der Waals surface area contributed by atoms with Crippen molar-refractivity contribution >= 4 is 44.1 Å². The first kappa shape index (κ1) is 29.3. The van der Waals surface area contributed by atoms with Crippen LogP contribution in [-0.2, 0) is 21.8 Å². The number of carbonyl (C=O) groups is 1. The smallest absolute Gasteiger partial charge is 0.335 e. The Morgan fingerprint density at radius 2 is 1.98 bits per heavy atom. The Kier molecular flexibility index (Phi) is 7.54. The number of nitrogens with zero attached hydrogens (tertiary/aromatic N) is 7. The molecule has 2 aliphatic rings. The van der Waals surface area contributed by atoms with Crippen LogP contribution in [0.3, 0.4) is 0 Å². The highest BCUT2D eigenvalue weighted by Gasteiger charge is 2.43. The number of rotatable bonds is 7. The number of halogens is 3. The predicted molar refractivity (Wildman–Crippen MR) is 144 cm³/mol. The fourth-order valence-electron chi connectivity index (χ4n) is 5.00. The van der Waals surface area contributed by atoms with Gasteiger partial charge in [-0.25, -0.2) is 35.7 Å². The highest BCUT2D eigenvalue weighted by molar-refractivity contribution is 7.89. The summed E-state index contributed by atoms with van der Waals surface area (Å²) >= 11 is 0.508. The summed E-state index contributed by atoms with van der Waals surface area (Å²) in [7, 11) is 0.425. The van der Waals surface area contributed by atoms with E-state index < -0.39 is 39.4 Å². The number of carbonyl (C=O) groups excluding carboxylic acids is 1. The number of anilines is 1. The van der Waals surface area contributed by atoms with Gasteiger partial charge in [0.1, 0.15) is 12.2 Å². The lowest BCUT2D eigenvalue weighted by atomic mass is 10.0. The number of benzene rings is 1. The van der Waals surface area contributed by atoms with E-state index in [4.69, 9.17) is 4.74 Å². The van der Waals surface area contributed by atoms with Crippen molar-refractivity contribution in [3.63, 3.8) is 0 Å². The lowest BCUT2D eigenvalue weighted by Crippen LogP contribution is -2.63. The number of amides is 2. The van der Waals surface area contributed by atoms with Gasteiger partial charge in [0, 0.05) is 46.8 Å². The van der Waals surface area contributed by atoms with Crippen molar-refractivity contribution in [1.82, 2.24) is 33.9 Å². The van der Waals surface area contributed by atoms with Gasteiger partial charge in [0.2, 0.25) is 15.2 Å². The van der Waals surface area contributed by atoms with E-state index in [1.807, 2.05) is 11.8 Å². The van der Waals surface area contributed by atoms with Crippen LogP contribution in [0.25, 0.3) is 16.2 Å². The Morgan fingerprint density at radius 1 is 1.27 bits per heavy atom. The monoisotopic (exact) mass is 618 g/mol. The van der Waals surface area contributed by atoms with E-state index in [2.05, 4.69) is 14.9 Å². The molecule has 0 saturated carbocycles. The minimum absolute atomic E-state index is 0.0888. The zero-order valence-corrected chi connectivity index (χ0v) is 24.3. The maximum Gasteiger partial charge on any atom is 0.335 e. The zero-order valence-electron chi connectivity index (χ0n) is 22.7. The summed E-state index contributed by atoms with van der Waals surface area (Å²) in [4.78, 5) is 30.8. The molecular formula is C23H29F3N8O5S2. The average Bonchev–Trinajstić information content (AvgIpc) is 3.48. The van der Waals surface area contributed by atoms with E-state index in [0.717, 1.165) is 4.57 Å². The van der Waals surface area contributed by atoms with E-state index in [0.29, 0.717) is 42.2 Å². The van der Waals surface area contributed by atoms with Gasteiger partial charge in [-0.3, -0.25) is 4.57 Å². The van der Waals surface area contributed by atoms with Crippen molar-refractivity contribution in [3.05, 3.63) is 27.6 Å². The largest absolute Gasteiger partial charge is 0.377 e. The van der Waals surface area contributed by atoms with Crippen LogP contribution in [0.4, 0.5) is 23.7 Å². The van der Waals surface area contributed by atoms with Crippen LogP contribution in [0, 0.1) is 0 Å². The molecule has 0 aliphatic carbocycles. The molecule has 4 heterocycles. The van der Waals surface area contributed by atoms with Crippen molar-refractivity contribution in [1.29, 1.82) is 0 Å². The summed E-state index contributed by atoms with van der Waals surface area (Å²) < 4.78 is 77.3. The zero-order chi connectivity index (χ0) is 29.9. The molecule has 224 valence electrons. The first-order chi connectivity index (χ1) is 19.3. The molecule has 2 amide bonds. The summed E-state index contributed by atoms with van der Waals surface area (Å²) in [6.45, 7) is 1.51. The summed E-state index contributed by atoms with van der Waals surface area (Å²) in [6, 6.07) is 2.17. The summed E-state index contributed by atoms with van der Waals surface area (Å²) in [6.07, 6.45) is -2.91. The molecule has 2 fully saturated rings. The van der Waals surface area contributed by atoms with Gasteiger partial charge < -0.3 is 19.4 Å². The van der Waals surface area contributed by atoms with Crippen molar-refractivity contribution in [3.8, 4) is 5.13 Å². The van der Waals surface area contributed by atoms with Crippen molar-refractivity contribution in [2.75, 3.05) is 58.5 Å². The minimum atomic E-state index is -4.35. The maximum atomic E-state index is 13.8. The molecule has 0 radical (unpaired) electrons. The third kappa shape index (κ3) is 5.06. The first-order valence-corrected chi connectivity index (χ1v) is 14.9. The van der Waals surface area contributed by atoms with Crippen molar-refractivity contribution in [2.24, 2.45) is 7.05 Å². The lowest BCUT2D eigenvalue weighted by Gasteiger charge is -2.42. The van der Waals surface area contributed by atoms with Gasteiger partial charge in [-0.05, 0) is 19.1 Å². The summed E-state index contributed by atoms with van der Waals surface area (Å²) in [5.41, 5.74) is -1.28. The second kappa shape index (κ2) is 10.6. The molecule has 1 N–H and O–H groups in total. The molecule has 18 heteroatoms. The predicted octanol–water partition coefficient (Wildman–Crippen LogP) is 1.33. The molecule has 2 saturated heterocycles. The fourth-order valence-corrected chi connectivity index (χ4v) is 7.10. The van der Waals surface area contributed by atoms with Crippen LogP contribution in [0.2, 0.25) is 0 Å². The molecule has 5 rings (SSSR count). The van der Waals surface area contributed by atoms with Gasteiger partial charge in [-0.2, -0.15) is 4.72 Å². The second-order valence-electron chi connectivity index (χ2n) is 10.4. The van der Waals surface area contributed by atoms with Gasteiger partial charge in [-0.1, -0.05) is 11.3 Å². The molecule has 0 unspecified atom stereocenters. The second-order valence-corrected chi connectivity index (χ2v) is 13.1. The van der Waals surface area contributed by atoms with E-state index in [1.54, 1.807) is 19.0 Å². The number of hydrogen-bond acceptors (Lipinski definition) is 9. The molecule has 3 aromatic rings. The van der Waals surface area contributed by atoms with Gasteiger partial charge in [0.05, 0.1) is 34.8 Å². The van der Waals surface area contributed by atoms with Gasteiger partial charge in [-0.15, -0.1) is 10.2 Å². The number of aryl methyl sites for hydroxylation is 1. The topological polar surface area (TPSA) is 135 Å². The molecule has 2 aromatic heterocycles. The van der Waals surface area contributed by atoms with E-state index in [9.17, 15) is 31.2 Å². The number of fused-ring (bicyclic) bond motifs is 1. The molecular weight excluding hydrogens is 589 g/mol. The molecule has 1 aromatic carbocycles. The number of sulfonamides is 1. The highest BCUT2D eigenvalue weighted by atomic mass is 32.2. The molecule has 1 atom stereocenters. The van der Waals surface area contributed by atoms with Crippen LogP contribution >= 0.6 is 11.3 Å². The molecule has 2 aliphatic heterocycles. The van der Waals surface area contributed by atoms with Gasteiger partial charge in [0.25, 0.3) is 6.43 Å². The summed E-state index contributed by atoms with van der Waals surface area (Å²) in [5.74, 6) is 0. The van der Waals surface area contributed by atoms with E-state index in [1.165, 1.54) is 28.6 Å². The van der Waals surface area contributed by atoms with Crippen molar-refractivity contribution < 1.29 is 31.1 Å². The highest BCUT2D eigenvalue weighted by Crippen LogP contribution is 2.35. The Bertz CT molecular complexity index is 1640. The number of imidazole rings is 1. The Balaban J connectivity index is 1.68. The lowest BCUT2D eigenvalue weighted by molar-refractivity contribution is -0.0725.